The summed E-state index contributed by atoms with van der Waals surface area (Å²) in [7, 11) is 8.22. The fraction of sp³-hybridized carbons (Fsp3) is 0.750. The fourth-order valence-corrected chi connectivity index (χ4v) is 1.70. The molecule has 64 valence electrons. The molecule has 0 bridgehead atoms. The van der Waals surface area contributed by atoms with Crippen molar-refractivity contribution in [2.45, 2.75) is 24.6 Å². The molecule has 2 radical (unpaired) electrons. The first kappa shape index (κ1) is 10.1. The van der Waals surface area contributed by atoms with Crippen LogP contribution in [0.2, 0.25) is 0 Å². The monoisotopic (exact) mass is 182 g/mol. The highest BCUT2D eigenvalue weighted by molar-refractivity contribution is 7.16. The SMILES string of the molecule is [B][C@H]1C[C@@H](OCC#C)[C@@H](CP)O1. The van der Waals surface area contributed by atoms with E-state index >= 15 is 0 Å². The maximum absolute atomic E-state index is 5.60. The third kappa shape index (κ3) is 2.49. The molecule has 0 aromatic heterocycles. The largest absolute Gasteiger partial charge is 0.382 e. The summed E-state index contributed by atoms with van der Waals surface area (Å²) in [5, 5.41) is 0. The van der Waals surface area contributed by atoms with Crippen molar-refractivity contribution in [3.8, 4) is 12.3 Å². The molecule has 0 aliphatic carbocycles. The van der Waals surface area contributed by atoms with Gasteiger partial charge in [0.15, 0.2) is 0 Å². The summed E-state index contributed by atoms with van der Waals surface area (Å²) < 4.78 is 10.8. The van der Waals surface area contributed by atoms with E-state index < -0.39 is 0 Å². The van der Waals surface area contributed by atoms with Gasteiger partial charge in [0, 0.05) is 6.00 Å². The van der Waals surface area contributed by atoms with Gasteiger partial charge in [-0.3, -0.25) is 0 Å². The van der Waals surface area contributed by atoms with E-state index in [1.165, 1.54) is 0 Å². The predicted molar refractivity (Wildman–Crippen MR) is 52.2 cm³/mol. The molecule has 1 fully saturated rings. The van der Waals surface area contributed by atoms with Crippen molar-refractivity contribution in [1.82, 2.24) is 0 Å². The van der Waals surface area contributed by atoms with Gasteiger partial charge in [-0.05, 0) is 12.6 Å². The van der Waals surface area contributed by atoms with Crippen molar-refractivity contribution in [3.63, 3.8) is 0 Å². The second kappa shape index (κ2) is 4.87. The zero-order valence-electron chi connectivity index (χ0n) is 6.90. The Bertz CT molecular complexity index is 180. The fourth-order valence-electron chi connectivity index (χ4n) is 1.29. The van der Waals surface area contributed by atoms with Crippen LogP contribution in [0.3, 0.4) is 0 Å². The number of ether oxygens (including phenoxy) is 2. The van der Waals surface area contributed by atoms with Crippen molar-refractivity contribution in [2.75, 3.05) is 12.8 Å². The first-order valence-corrected chi connectivity index (χ1v) is 4.75. The molecule has 12 heavy (non-hydrogen) atoms. The molecule has 0 aromatic rings. The lowest BCUT2D eigenvalue weighted by Crippen LogP contribution is -2.25. The smallest absolute Gasteiger partial charge is 0.109 e. The Kier molecular flexibility index (Phi) is 4.08. The molecule has 1 aliphatic heterocycles. The zero-order valence-corrected chi connectivity index (χ0v) is 8.06. The lowest BCUT2D eigenvalue weighted by molar-refractivity contribution is 0.0117. The maximum atomic E-state index is 5.60. The average molecular weight is 182 g/mol. The van der Waals surface area contributed by atoms with Crippen LogP contribution in [0, 0.1) is 12.3 Å². The van der Waals surface area contributed by atoms with Crippen molar-refractivity contribution in [1.29, 1.82) is 0 Å². The summed E-state index contributed by atoms with van der Waals surface area (Å²) in [6.45, 7) is 0.335. The van der Waals surface area contributed by atoms with Crippen molar-refractivity contribution in [3.05, 3.63) is 0 Å². The van der Waals surface area contributed by atoms with Gasteiger partial charge in [0.25, 0.3) is 0 Å². The molecular formula is C8H12BO2P. The number of rotatable bonds is 3. The molecular weight excluding hydrogens is 170 g/mol. The van der Waals surface area contributed by atoms with Crippen LogP contribution in [0.25, 0.3) is 0 Å². The van der Waals surface area contributed by atoms with Crippen LogP contribution in [0.5, 0.6) is 0 Å². The van der Waals surface area contributed by atoms with E-state index in [9.17, 15) is 0 Å². The molecule has 0 aromatic carbocycles. The molecule has 1 unspecified atom stereocenters. The third-order valence-electron chi connectivity index (χ3n) is 1.84. The van der Waals surface area contributed by atoms with Gasteiger partial charge < -0.3 is 9.47 Å². The third-order valence-corrected chi connectivity index (χ3v) is 2.31. The van der Waals surface area contributed by atoms with Crippen LogP contribution in [0.1, 0.15) is 6.42 Å². The van der Waals surface area contributed by atoms with Crippen molar-refractivity contribution < 1.29 is 9.47 Å². The minimum Gasteiger partial charge on any atom is -0.382 e. The van der Waals surface area contributed by atoms with Crippen LogP contribution >= 0.6 is 9.24 Å². The van der Waals surface area contributed by atoms with Gasteiger partial charge in [-0.25, -0.2) is 0 Å². The van der Waals surface area contributed by atoms with Crippen molar-refractivity contribution >= 4 is 17.1 Å². The molecule has 0 N–H and O–H groups in total. The quantitative estimate of drug-likeness (QED) is 0.351. The minimum absolute atomic E-state index is 0.0635. The minimum atomic E-state index is -0.196. The predicted octanol–water partition coefficient (Wildman–Crippen LogP) is 0.163. The first-order valence-electron chi connectivity index (χ1n) is 3.94. The van der Waals surface area contributed by atoms with E-state index in [4.69, 9.17) is 23.7 Å². The molecule has 1 aliphatic rings. The Balaban J connectivity index is 2.36. The number of terminal acetylenes is 1. The van der Waals surface area contributed by atoms with E-state index in [-0.39, 0.29) is 18.2 Å². The molecule has 1 heterocycles. The molecule has 0 saturated carbocycles. The van der Waals surface area contributed by atoms with Gasteiger partial charge in [-0.15, -0.1) is 15.7 Å². The number of hydrogen-bond donors (Lipinski definition) is 0. The van der Waals surface area contributed by atoms with Gasteiger partial charge in [0.05, 0.1) is 12.2 Å². The van der Waals surface area contributed by atoms with E-state index in [1.807, 2.05) is 0 Å². The number of hydrogen-bond acceptors (Lipinski definition) is 2. The molecule has 0 spiro atoms. The standard InChI is InChI=1S/C8H12BO2P/c1-2-3-10-6-4-8(9)11-7(6)5-12/h1,6-8H,3-5,12H2/t6-,7-,8-/m1/s1. The van der Waals surface area contributed by atoms with Crippen LogP contribution in [-0.4, -0.2) is 38.8 Å². The lowest BCUT2D eigenvalue weighted by Gasteiger charge is -2.15. The van der Waals surface area contributed by atoms with E-state index in [2.05, 4.69) is 15.2 Å². The molecule has 1 saturated heterocycles. The highest BCUT2D eigenvalue weighted by atomic mass is 31.0. The Hall–Kier alpha value is -0.0251. The Morgan fingerprint density at radius 2 is 2.50 bits per heavy atom. The highest BCUT2D eigenvalue weighted by Gasteiger charge is 2.31. The second-order valence-corrected chi connectivity index (χ2v) is 3.21. The van der Waals surface area contributed by atoms with Gasteiger partial charge in [-0.2, -0.15) is 0 Å². The maximum Gasteiger partial charge on any atom is 0.109 e. The van der Waals surface area contributed by atoms with Gasteiger partial charge >= 0.3 is 0 Å². The molecule has 1 rings (SSSR count). The lowest BCUT2D eigenvalue weighted by atomic mass is 9.96. The summed E-state index contributed by atoms with van der Waals surface area (Å²) in [5.41, 5.74) is 0. The average Bonchev–Trinajstić information content (AvgIpc) is 2.42. The normalized spacial score (nSPS) is 34.8. The van der Waals surface area contributed by atoms with E-state index in [0.717, 1.165) is 12.6 Å². The van der Waals surface area contributed by atoms with E-state index in [0.29, 0.717) is 6.61 Å². The molecule has 4 heteroatoms. The highest BCUT2D eigenvalue weighted by Crippen LogP contribution is 2.22. The summed E-state index contributed by atoms with van der Waals surface area (Å²) in [6, 6.07) is -0.196. The van der Waals surface area contributed by atoms with Gasteiger partial charge in [0.1, 0.15) is 14.5 Å². The topological polar surface area (TPSA) is 18.5 Å². The van der Waals surface area contributed by atoms with E-state index in [1.54, 1.807) is 0 Å². The zero-order chi connectivity index (χ0) is 8.97. The molecule has 4 atom stereocenters. The van der Waals surface area contributed by atoms with Crippen molar-refractivity contribution in [2.24, 2.45) is 0 Å². The first-order chi connectivity index (χ1) is 5.77. The van der Waals surface area contributed by atoms with Gasteiger partial charge in [0.2, 0.25) is 0 Å². The molecule has 0 amide bonds. The van der Waals surface area contributed by atoms with Crippen LogP contribution in [0.15, 0.2) is 0 Å². The van der Waals surface area contributed by atoms with Crippen LogP contribution < -0.4 is 0 Å². The summed E-state index contributed by atoms with van der Waals surface area (Å²) >= 11 is 0. The Morgan fingerprint density at radius 3 is 3.08 bits per heavy atom. The Morgan fingerprint density at radius 1 is 1.75 bits per heavy atom. The Labute approximate surface area is 77.0 Å². The van der Waals surface area contributed by atoms with Crippen LogP contribution in [0.4, 0.5) is 0 Å². The summed E-state index contributed by atoms with van der Waals surface area (Å²) in [6.07, 6.45) is 6.79. The molecule has 2 nitrogen and oxygen atoms in total. The van der Waals surface area contributed by atoms with Crippen LogP contribution in [-0.2, 0) is 9.47 Å². The second-order valence-electron chi connectivity index (χ2n) is 2.74. The summed E-state index contributed by atoms with van der Waals surface area (Å²) in [5.74, 6) is 2.43. The van der Waals surface area contributed by atoms with Gasteiger partial charge in [-0.1, -0.05) is 5.92 Å². The summed E-state index contributed by atoms with van der Waals surface area (Å²) in [4.78, 5) is 0.